The fraction of sp³-hybridized carbons (Fsp3) is 0.588. The Labute approximate surface area is 145 Å². The number of nitrogens with one attached hydrogen (secondary N) is 1. The van der Waals surface area contributed by atoms with Gasteiger partial charge in [-0.2, -0.15) is 0 Å². The van der Waals surface area contributed by atoms with Crippen LogP contribution in [0.25, 0.3) is 0 Å². The van der Waals surface area contributed by atoms with E-state index in [9.17, 15) is 13.2 Å². The lowest BCUT2D eigenvalue weighted by Crippen LogP contribution is -2.32. The van der Waals surface area contributed by atoms with Gasteiger partial charge in [0.15, 0.2) is 0 Å². The highest BCUT2D eigenvalue weighted by molar-refractivity contribution is 7.89. The van der Waals surface area contributed by atoms with Gasteiger partial charge in [0.2, 0.25) is 15.9 Å². The molecule has 1 N–H and O–H groups in total. The van der Waals surface area contributed by atoms with Gasteiger partial charge in [-0.05, 0) is 38.3 Å². The number of carbonyl (C=O) groups excluding carboxylic acids is 1. The number of amides is 1. The smallest absolute Gasteiger partial charge is 0.220 e. The number of carbonyl (C=O) groups is 1. The Morgan fingerprint density at radius 3 is 2.62 bits per heavy atom. The van der Waals surface area contributed by atoms with E-state index in [1.165, 1.54) is 4.31 Å². The SMILES string of the molecule is CCS(=O)(=O)N(C)CCCNC(=O)CCCOc1ccccc1C. The highest BCUT2D eigenvalue weighted by Gasteiger charge is 2.14. The van der Waals surface area contributed by atoms with Crippen LogP contribution in [0.2, 0.25) is 0 Å². The fourth-order valence-electron chi connectivity index (χ4n) is 2.11. The van der Waals surface area contributed by atoms with E-state index in [0.717, 1.165) is 11.3 Å². The molecule has 0 aliphatic carbocycles. The molecule has 1 rings (SSSR count). The minimum atomic E-state index is -3.14. The molecular formula is C17H28N2O4S. The number of nitrogens with zero attached hydrogens (tertiary/aromatic N) is 1. The quantitative estimate of drug-likeness (QED) is 0.615. The van der Waals surface area contributed by atoms with Crippen LogP contribution in [-0.4, -0.2) is 51.1 Å². The Morgan fingerprint density at radius 1 is 1.25 bits per heavy atom. The largest absolute Gasteiger partial charge is 0.493 e. The van der Waals surface area contributed by atoms with E-state index in [2.05, 4.69) is 5.32 Å². The van der Waals surface area contributed by atoms with Crippen LogP contribution in [0.1, 0.15) is 31.7 Å². The molecule has 7 heteroatoms. The number of sulfonamides is 1. The van der Waals surface area contributed by atoms with E-state index in [1.54, 1.807) is 14.0 Å². The van der Waals surface area contributed by atoms with Gasteiger partial charge in [0.05, 0.1) is 12.4 Å². The van der Waals surface area contributed by atoms with E-state index in [4.69, 9.17) is 4.74 Å². The van der Waals surface area contributed by atoms with E-state index in [-0.39, 0.29) is 11.7 Å². The predicted molar refractivity (Wildman–Crippen MR) is 95.6 cm³/mol. The van der Waals surface area contributed by atoms with Crippen LogP contribution < -0.4 is 10.1 Å². The molecule has 0 atom stereocenters. The van der Waals surface area contributed by atoms with Crippen LogP contribution in [0, 0.1) is 6.92 Å². The maximum atomic E-state index is 11.7. The van der Waals surface area contributed by atoms with Crippen LogP contribution in [0.3, 0.4) is 0 Å². The molecule has 0 saturated carbocycles. The lowest BCUT2D eigenvalue weighted by molar-refractivity contribution is -0.121. The molecule has 0 aliphatic rings. The van der Waals surface area contributed by atoms with Crippen molar-refractivity contribution in [2.75, 3.05) is 32.5 Å². The van der Waals surface area contributed by atoms with E-state index < -0.39 is 10.0 Å². The molecule has 0 aliphatic heterocycles. The Morgan fingerprint density at radius 2 is 1.96 bits per heavy atom. The van der Waals surface area contributed by atoms with Crippen LogP contribution in [0.5, 0.6) is 5.75 Å². The third-order valence-electron chi connectivity index (χ3n) is 3.71. The van der Waals surface area contributed by atoms with Gasteiger partial charge in [0.25, 0.3) is 0 Å². The summed E-state index contributed by atoms with van der Waals surface area (Å²) in [6.45, 7) is 4.98. The summed E-state index contributed by atoms with van der Waals surface area (Å²) in [4.78, 5) is 11.7. The molecule has 6 nitrogen and oxygen atoms in total. The summed E-state index contributed by atoms with van der Waals surface area (Å²) in [7, 11) is -1.58. The van der Waals surface area contributed by atoms with Crippen LogP contribution in [0.4, 0.5) is 0 Å². The maximum Gasteiger partial charge on any atom is 0.220 e. The van der Waals surface area contributed by atoms with Crippen molar-refractivity contribution < 1.29 is 17.9 Å². The Balaban J connectivity index is 2.11. The van der Waals surface area contributed by atoms with Crippen molar-refractivity contribution in [1.82, 2.24) is 9.62 Å². The third kappa shape index (κ3) is 7.31. The number of rotatable bonds is 11. The predicted octanol–water partition coefficient (Wildman–Crippen LogP) is 1.94. The highest BCUT2D eigenvalue weighted by atomic mass is 32.2. The average Bonchev–Trinajstić information content (AvgIpc) is 2.56. The van der Waals surface area contributed by atoms with Gasteiger partial charge in [0.1, 0.15) is 5.75 Å². The first-order valence-corrected chi connectivity index (χ1v) is 9.87. The second-order valence-electron chi connectivity index (χ2n) is 5.64. The minimum absolute atomic E-state index is 0.0376. The first-order chi connectivity index (χ1) is 11.4. The zero-order valence-electron chi connectivity index (χ0n) is 14.7. The second-order valence-corrected chi connectivity index (χ2v) is 8.01. The standard InChI is InChI=1S/C17H28N2O4S/c1-4-24(21,22)19(3)13-8-12-18-17(20)11-7-14-23-16-10-6-5-9-15(16)2/h5-6,9-10H,4,7-8,11-14H2,1-3H3,(H,18,20). The summed E-state index contributed by atoms with van der Waals surface area (Å²) in [6, 6.07) is 7.78. The van der Waals surface area contributed by atoms with Crippen molar-refractivity contribution in [3.8, 4) is 5.75 Å². The monoisotopic (exact) mass is 356 g/mol. The molecular weight excluding hydrogens is 328 g/mol. The molecule has 0 bridgehead atoms. The normalized spacial score (nSPS) is 11.5. The number of ether oxygens (including phenoxy) is 1. The molecule has 24 heavy (non-hydrogen) atoms. The van der Waals surface area contributed by atoms with Crippen molar-refractivity contribution in [3.63, 3.8) is 0 Å². The summed E-state index contributed by atoms with van der Waals surface area (Å²) in [6.07, 6.45) is 1.64. The third-order valence-corrected chi connectivity index (χ3v) is 5.57. The molecule has 1 aromatic rings. The Hall–Kier alpha value is -1.60. The lowest BCUT2D eigenvalue weighted by Gasteiger charge is -2.15. The van der Waals surface area contributed by atoms with Crippen LogP contribution in [-0.2, 0) is 14.8 Å². The molecule has 0 radical (unpaired) electrons. The fourth-order valence-corrected chi connectivity index (χ4v) is 2.96. The summed E-state index contributed by atoms with van der Waals surface area (Å²) < 4.78 is 30.1. The molecule has 136 valence electrons. The first-order valence-electron chi connectivity index (χ1n) is 8.26. The number of hydrogen-bond acceptors (Lipinski definition) is 4. The average molecular weight is 356 g/mol. The Kier molecular flexibility index (Phi) is 8.78. The summed E-state index contributed by atoms with van der Waals surface area (Å²) in [5.41, 5.74) is 1.08. The second kappa shape index (κ2) is 10.3. The molecule has 0 aromatic heterocycles. The molecule has 1 amide bonds. The molecule has 1 aromatic carbocycles. The lowest BCUT2D eigenvalue weighted by atomic mass is 10.2. The van der Waals surface area contributed by atoms with Gasteiger partial charge in [-0.3, -0.25) is 4.79 Å². The van der Waals surface area contributed by atoms with Crippen molar-refractivity contribution in [2.45, 2.75) is 33.1 Å². The van der Waals surface area contributed by atoms with Gasteiger partial charge >= 0.3 is 0 Å². The van der Waals surface area contributed by atoms with Crippen molar-refractivity contribution in [2.24, 2.45) is 0 Å². The molecule has 0 saturated heterocycles. The zero-order valence-corrected chi connectivity index (χ0v) is 15.6. The van der Waals surface area contributed by atoms with Gasteiger partial charge in [-0.1, -0.05) is 18.2 Å². The summed E-state index contributed by atoms with van der Waals surface area (Å²) in [5.74, 6) is 0.902. The topological polar surface area (TPSA) is 75.7 Å². The van der Waals surface area contributed by atoms with E-state index >= 15 is 0 Å². The minimum Gasteiger partial charge on any atom is -0.493 e. The van der Waals surface area contributed by atoms with Gasteiger partial charge in [-0.25, -0.2) is 12.7 Å². The number of hydrogen-bond donors (Lipinski definition) is 1. The molecule has 0 unspecified atom stereocenters. The molecule has 0 fully saturated rings. The molecule has 0 heterocycles. The van der Waals surface area contributed by atoms with Gasteiger partial charge in [0, 0.05) is 26.6 Å². The highest BCUT2D eigenvalue weighted by Crippen LogP contribution is 2.16. The summed E-state index contributed by atoms with van der Waals surface area (Å²) >= 11 is 0. The van der Waals surface area contributed by atoms with Crippen LogP contribution in [0.15, 0.2) is 24.3 Å². The number of benzene rings is 1. The number of para-hydroxylation sites is 1. The van der Waals surface area contributed by atoms with Crippen LogP contribution >= 0.6 is 0 Å². The van der Waals surface area contributed by atoms with Crippen molar-refractivity contribution >= 4 is 15.9 Å². The van der Waals surface area contributed by atoms with E-state index in [1.807, 2.05) is 31.2 Å². The maximum absolute atomic E-state index is 11.7. The van der Waals surface area contributed by atoms with E-state index in [0.29, 0.717) is 39.0 Å². The number of aryl methyl sites for hydroxylation is 1. The van der Waals surface area contributed by atoms with Gasteiger partial charge in [-0.15, -0.1) is 0 Å². The Bertz CT molecular complexity index is 617. The molecule has 0 spiro atoms. The van der Waals surface area contributed by atoms with Crippen molar-refractivity contribution in [1.29, 1.82) is 0 Å². The zero-order chi connectivity index (χ0) is 18.0. The first kappa shape index (κ1) is 20.4. The summed E-state index contributed by atoms with van der Waals surface area (Å²) in [5, 5.41) is 2.80. The van der Waals surface area contributed by atoms with Gasteiger partial charge < -0.3 is 10.1 Å². The van der Waals surface area contributed by atoms with Crippen molar-refractivity contribution in [3.05, 3.63) is 29.8 Å².